The van der Waals surface area contributed by atoms with Crippen molar-refractivity contribution in [1.29, 1.82) is 0 Å². The van der Waals surface area contributed by atoms with Crippen LogP contribution in [0.5, 0.6) is 5.06 Å². The fourth-order valence-electron chi connectivity index (χ4n) is 0.873. The van der Waals surface area contributed by atoms with Crippen molar-refractivity contribution in [2.24, 2.45) is 0 Å². The van der Waals surface area contributed by atoms with Crippen molar-refractivity contribution in [3.8, 4) is 5.06 Å². The highest BCUT2D eigenvalue weighted by atomic mass is 32.1. The van der Waals surface area contributed by atoms with Crippen LogP contribution in [0.15, 0.2) is 17.5 Å². The summed E-state index contributed by atoms with van der Waals surface area (Å²) in [5, 5.41) is 17.1. The lowest BCUT2D eigenvalue weighted by molar-refractivity contribution is 0.491. The fourth-order valence-corrected chi connectivity index (χ4v) is 1.33. The Bertz CT molecular complexity index is 173. The Labute approximate surface area is 76.4 Å². The lowest BCUT2D eigenvalue weighted by Gasteiger charge is -2.11. The van der Waals surface area contributed by atoms with Crippen molar-refractivity contribution in [3.63, 3.8) is 0 Å². The van der Waals surface area contributed by atoms with E-state index in [0.717, 1.165) is 26.2 Å². The lowest BCUT2D eigenvalue weighted by atomic mass is 10.4. The van der Waals surface area contributed by atoms with Gasteiger partial charge in [0.2, 0.25) is 0 Å². The second kappa shape index (κ2) is 5.99. The zero-order valence-electron chi connectivity index (χ0n) is 6.92. The lowest BCUT2D eigenvalue weighted by Crippen LogP contribution is -2.39. The van der Waals surface area contributed by atoms with Gasteiger partial charge in [-0.3, -0.25) is 0 Å². The van der Waals surface area contributed by atoms with Crippen LogP contribution in [0.1, 0.15) is 0 Å². The summed E-state index contributed by atoms with van der Waals surface area (Å²) in [6, 6.07) is 3.46. The van der Waals surface area contributed by atoms with Gasteiger partial charge in [-0.1, -0.05) is 0 Å². The van der Waals surface area contributed by atoms with Crippen molar-refractivity contribution in [2.45, 2.75) is 0 Å². The predicted molar refractivity (Wildman–Crippen MR) is 51.7 cm³/mol. The number of nitrogens with one attached hydrogen (secondary N) is 2. The van der Waals surface area contributed by atoms with Gasteiger partial charge in [0.15, 0.2) is 5.06 Å². The minimum atomic E-state index is 0.384. The Kier molecular flexibility index (Phi) is 4.75. The molecule has 3 N–H and O–H groups in total. The molecule has 0 aromatic carbocycles. The topological polar surface area (TPSA) is 44.3 Å². The number of hydrogen-bond acceptors (Lipinski definition) is 4. The van der Waals surface area contributed by atoms with Crippen LogP contribution >= 0.6 is 11.3 Å². The minimum Gasteiger partial charge on any atom is -0.499 e. The molecule has 2 heterocycles. The molecule has 4 heteroatoms. The third-order valence-electron chi connectivity index (χ3n) is 1.46. The largest absolute Gasteiger partial charge is 0.499 e. The van der Waals surface area contributed by atoms with Crippen LogP contribution in [-0.2, 0) is 0 Å². The van der Waals surface area contributed by atoms with E-state index in [4.69, 9.17) is 5.11 Å². The van der Waals surface area contributed by atoms with Crippen LogP contribution in [0.4, 0.5) is 0 Å². The summed E-state index contributed by atoms with van der Waals surface area (Å²) < 4.78 is 0. The van der Waals surface area contributed by atoms with Crippen LogP contribution in [0.25, 0.3) is 0 Å². The molecular formula is C8H14N2OS. The average Bonchev–Trinajstić information content (AvgIpc) is 2.60. The first-order valence-corrected chi connectivity index (χ1v) is 4.91. The number of rotatable bonds is 0. The van der Waals surface area contributed by atoms with Crippen LogP contribution < -0.4 is 10.6 Å². The maximum absolute atomic E-state index is 8.49. The normalized spacial score (nSPS) is 16.3. The zero-order valence-corrected chi connectivity index (χ0v) is 7.73. The highest BCUT2D eigenvalue weighted by Gasteiger charge is 1.91. The van der Waals surface area contributed by atoms with Gasteiger partial charge < -0.3 is 15.7 Å². The Morgan fingerprint density at radius 2 is 1.75 bits per heavy atom. The van der Waals surface area contributed by atoms with Gasteiger partial charge in [-0.2, -0.15) is 0 Å². The average molecular weight is 186 g/mol. The third-order valence-corrected chi connectivity index (χ3v) is 2.13. The quantitative estimate of drug-likeness (QED) is 0.557. The fraction of sp³-hybridized carbons (Fsp3) is 0.500. The standard InChI is InChI=1S/C4H10N2.C4H4OS/c1-2-6-4-3-5-1;5-4-2-1-3-6-4/h5-6H,1-4H2;1-3,5H. The molecule has 68 valence electrons. The molecule has 0 radical (unpaired) electrons. The summed E-state index contributed by atoms with van der Waals surface area (Å²) in [6.45, 7) is 4.56. The van der Waals surface area contributed by atoms with Crippen LogP contribution in [0.3, 0.4) is 0 Å². The molecule has 0 saturated carbocycles. The van der Waals surface area contributed by atoms with Crippen molar-refractivity contribution in [1.82, 2.24) is 10.6 Å². The molecule has 0 unspecified atom stereocenters. The highest BCUT2D eigenvalue weighted by molar-refractivity contribution is 7.11. The maximum Gasteiger partial charge on any atom is 0.171 e. The molecule has 1 aliphatic rings. The van der Waals surface area contributed by atoms with E-state index in [1.807, 2.05) is 5.38 Å². The molecule has 0 aliphatic carbocycles. The van der Waals surface area contributed by atoms with E-state index >= 15 is 0 Å². The second-order valence-corrected chi connectivity index (χ2v) is 3.38. The minimum absolute atomic E-state index is 0.384. The summed E-state index contributed by atoms with van der Waals surface area (Å²) in [5.74, 6) is 0. The number of hydrogen-bond donors (Lipinski definition) is 3. The molecule has 1 fully saturated rings. The first-order valence-electron chi connectivity index (χ1n) is 4.03. The molecule has 0 atom stereocenters. The zero-order chi connectivity index (χ0) is 8.65. The van der Waals surface area contributed by atoms with Crippen molar-refractivity contribution >= 4 is 11.3 Å². The summed E-state index contributed by atoms with van der Waals surface area (Å²) >= 11 is 1.33. The molecule has 12 heavy (non-hydrogen) atoms. The van der Waals surface area contributed by atoms with Gasteiger partial charge in [0, 0.05) is 26.2 Å². The Balaban J connectivity index is 0.000000120. The molecule has 0 bridgehead atoms. The summed E-state index contributed by atoms with van der Waals surface area (Å²) in [6.07, 6.45) is 0. The van der Waals surface area contributed by atoms with Gasteiger partial charge in [-0.05, 0) is 17.5 Å². The number of piperazine rings is 1. The third kappa shape index (κ3) is 4.33. The first-order chi connectivity index (χ1) is 5.89. The van der Waals surface area contributed by atoms with Crippen LogP contribution in [0, 0.1) is 0 Å². The Morgan fingerprint density at radius 3 is 1.92 bits per heavy atom. The second-order valence-electron chi connectivity index (χ2n) is 2.45. The van der Waals surface area contributed by atoms with E-state index in [0.29, 0.717) is 5.06 Å². The Hall–Kier alpha value is -0.580. The molecule has 1 saturated heterocycles. The summed E-state index contributed by atoms with van der Waals surface area (Å²) in [4.78, 5) is 0. The smallest absolute Gasteiger partial charge is 0.171 e. The Morgan fingerprint density at radius 1 is 1.17 bits per heavy atom. The number of thiophene rings is 1. The van der Waals surface area contributed by atoms with Gasteiger partial charge in [0.1, 0.15) is 0 Å². The monoisotopic (exact) mass is 186 g/mol. The van der Waals surface area contributed by atoms with Crippen LogP contribution in [0.2, 0.25) is 0 Å². The van der Waals surface area contributed by atoms with Crippen LogP contribution in [-0.4, -0.2) is 31.3 Å². The SMILES string of the molecule is C1CNCCN1.Oc1cccs1. The maximum atomic E-state index is 8.49. The summed E-state index contributed by atoms with van der Waals surface area (Å²) in [5.41, 5.74) is 0. The van der Waals surface area contributed by atoms with E-state index < -0.39 is 0 Å². The van der Waals surface area contributed by atoms with Crippen molar-refractivity contribution in [3.05, 3.63) is 17.5 Å². The first kappa shape index (κ1) is 9.51. The molecule has 0 spiro atoms. The van der Waals surface area contributed by atoms with Crippen molar-refractivity contribution in [2.75, 3.05) is 26.2 Å². The van der Waals surface area contributed by atoms with Gasteiger partial charge in [-0.25, -0.2) is 0 Å². The predicted octanol–water partition coefficient (Wildman–Crippen LogP) is 0.633. The summed E-state index contributed by atoms with van der Waals surface area (Å²) in [7, 11) is 0. The number of aromatic hydroxyl groups is 1. The van der Waals surface area contributed by atoms with Gasteiger partial charge >= 0.3 is 0 Å². The highest BCUT2D eigenvalue weighted by Crippen LogP contribution is 2.14. The van der Waals surface area contributed by atoms with E-state index in [2.05, 4.69) is 10.6 Å². The van der Waals surface area contributed by atoms with Crippen molar-refractivity contribution < 1.29 is 5.11 Å². The molecule has 0 amide bonds. The molecular weight excluding hydrogens is 172 g/mol. The molecule has 3 nitrogen and oxygen atoms in total. The molecule has 2 rings (SSSR count). The van der Waals surface area contributed by atoms with Gasteiger partial charge in [-0.15, -0.1) is 11.3 Å². The van der Waals surface area contributed by atoms with Gasteiger partial charge in [0.25, 0.3) is 0 Å². The van der Waals surface area contributed by atoms with Gasteiger partial charge in [0.05, 0.1) is 0 Å². The molecule has 1 aliphatic heterocycles. The van der Waals surface area contributed by atoms with E-state index in [-0.39, 0.29) is 0 Å². The van der Waals surface area contributed by atoms with E-state index in [1.54, 1.807) is 12.1 Å². The van der Waals surface area contributed by atoms with E-state index in [9.17, 15) is 0 Å². The van der Waals surface area contributed by atoms with E-state index in [1.165, 1.54) is 11.3 Å². The molecule has 1 aromatic rings. The molecule has 1 aromatic heterocycles.